The number of hydrogen-bond donors (Lipinski definition) is 1. The first-order valence-electron chi connectivity index (χ1n) is 5.66. The van der Waals surface area contributed by atoms with Crippen molar-refractivity contribution in [1.82, 2.24) is 9.97 Å². The molecule has 0 aliphatic rings. The fraction of sp³-hybridized carbons (Fsp3) is 0.214. The maximum Gasteiger partial charge on any atom is 0.307 e. The predicted octanol–water partition coefficient (Wildman–Crippen LogP) is 2.39. The Kier molecular flexibility index (Phi) is 3.37. The zero-order valence-electron chi connectivity index (χ0n) is 10.3. The number of carboxylic acids is 1. The van der Waals surface area contributed by atoms with Crippen LogP contribution in [0.25, 0.3) is 11.3 Å². The molecular weight excluding hydrogens is 228 g/mol. The van der Waals surface area contributed by atoms with Gasteiger partial charge in [0, 0.05) is 17.3 Å². The van der Waals surface area contributed by atoms with Crippen LogP contribution in [-0.2, 0) is 11.2 Å². The van der Waals surface area contributed by atoms with Crippen LogP contribution in [0.3, 0.4) is 0 Å². The third-order valence-corrected chi connectivity index (χ3v) is 2.78. The molecule has 0 bridgehead atoms. The molecule has 4 nitrogen and oxygen atoms in total. The summed E-state index contributed by atoms with van der Waals surface area (Å²) in [7, 11) is 0. The smallest absolute Gasteiger partial charge is 0.307 e. The minimum atomic E-state index is -0.878. The lowest BCUT2D eigenvalue weighted by Gasteiger charge is -2.09. The van der Waals surface area contributed by atoms with E-state index in [0.29, 0.717) is 11.3 Å². The molecular formula is C14H14N2O2. The van der Waals surface area contributed by atoms with Crippen LogP contribution in [-0.4, -0.2) is 21.0 Å². The first-order valence-corrected chi connectivity index (χ1v) is 5.66. The summed E-state index contributed by atoms with van der Waals surface area (Å²) in [4.78, 5) is 19.0. The highest BCUT2D eigenvalue weighted by atomic mass is 16.4. The van der Waals surface area contributed by atoms with Crippen molar-refractivity contribution >= 4 is 5.97 Å². The van der Waals surface area contributed by atoms with Crippen molar-refractivity contribution < 1.29 is 9.90 Å². The van der Waals surface area contributed by atoms with E-state index in [0.717, 1.165) is 16.7 Å². The molecule has 0 aliphatic heterocycles. The molecule has 0 fully saturated rings. The molecule has 0 saturated carbocycles. The minimum Gasteiger partial charge on any atom is -0.481 e. The Balaban J connectivity index is 2.56. The molecule has 0 radical (unpaired) electrons. The lowest BCUT2D eigenvalue weighted by Crippen LogP contribution is -2.04. The second-order valence-corrected chi connectivity index (χ2v) is 4.29. The van der Waals surface area contributed by atoms with E-state index < -0.39 is 5.97 Å². The first kappa shape index (κ1) is 12.2. The highest BCUT2D eigenvalue weighted by Gasteiger charge is 2.12. The van der Waals surface area contributed by atoms with Crippen LogP contribution in [0.5, 0.6) is 0 Å². The Morgan fingerprint density at radius 3 is 2.83 bits per heavy atom. The van der Waals surface area contributed by atoms with E-state index >= 15 is 0 Å². The lowest BCUT2D eigenvalue weighted by atomic mass is 9.99. The van der Waals surface area contributed by atoms with Gasteiger partial charge in [0.15, 0.2) is 0 Å². The van der Waals surface area contributed by atoms with Gasteiger partial charge < -0.3 is 5.11 Å². The van der Waals surface area contributed by atoms with E-state index in [1.54, 1.807) is 6.20 Å². The van der Waals surface area contributed by atoms with E-state index in [2.05, 4.69) is 9.97 Å². The van der Waals surface area contributed by atoms with Crippen molar-refractivity contribution in [3.05, 3.63) is 47.4 Å². The fourth-order valence-corrected chi connectivity index (χ4v) is 1.88. The summed E-state index contributed by atoms with van der Waals surface area (Å²) in [6.45, 7) is 3.99. The number of benzene rings is 1. The van der Waals surface area contributed by atoms with Gasteiger partial charge in [0.05, 0.1) is 12.1 Å². The first-order chi connectivity index (χ1) is 8.58. The van der Waals surface area contributed by atoms with Crippen molar-refractivity contribution in [1.29, 1.82) is 0 Å². The lowest BCUT2D eigenvalue weighted by molar-refractivity contribution is -0.136. The summed E-state index contributed by atoms with van der Waals surface area (Å²) >= 11 is 0. The van der Waals surface area contributed by atoms with Gasteiger partial charge in [-0.1, -0.05) is 17.7 Å². The Hall–Kier alpha value is -2.23. The topological polar surface area (TPSA) is 63.1 Å². The second kappa shape index (κ2) is 4.96. The molecule has 0 spiro atoms. The number of carbonyl (C=O) groups is 1. The number of carboxylic acid groups (broad SMARTS) is 1. The van der Waals surface area contributed by atoms with Gasteiger partial charge in [-0.05, 0) is 25.5 Å². The quantitative estimate of drug-likeness (QED) is 0.897. The van der Waals surface area contributed by atoms with Gasteiger partial charge in [0.25, 0.3) is 0 Å². The molecule has 0 aliphatic carbocycles. The van der Waals surface area contributed by atoms with Crippen LogP contribution in [0, 0.1) is 13.8 Å². The maximum atomic E-state index is 10.8. The molecule has 92 valence electrons. The molecule has 0 amide bonds. The van der Waals surface area contributed by atoms with Crippen molar-refractivity contribution in [2.75, 3.05) is 0 Å². The van der Waals surface area contributed by atoms with E-state index in [1.807, 2.05) is 32.0 Å². The fourth-order valence-electron chi connectivity index (χ4n) is 1.88. The Labute approximate surface area is 105 Å². The van der Waals surface area contributed by atoms with Gasteiger partial charge >= 0.3 is 5.97 Å². The normalized spacial score (nSPS) is 10.3. The number of aliphatic carboxylic acids is 1. The average Bonchev–Trinajstić information content (AvgIpc) is 2.32. The number of nitrogens with zero attached hydrogens (tertiary/aromatic N) is 2. The van der Waals surface area contributed by atoms with Gasteiger partial charge in [-0.15, -0.1) is 0 Å². The third kappa shape index (κ3) is 2.53. The molecule has 1 heterocycles. The monoisotopic (exact) mass is 242 g/mol. The van der Waals surface area contributed by atoms with E-state index in [4.69, 9.17) is 5.11 Å². The number of rotatable bonds is 3. The summed E-state index contributed by atoms with van der Waals surface area (Å²) < 4.78 is 0. The van der Waals surface area contributed by atoms with Crippen LogP contribution < -0.4 is 0 Å². The van der Waals surface area contributed by atoms with E-state index in [9.17, 15) is 4.79 Å². The van der Waals surface area contributed by atoms with Gasteiger partial charge in [-0.2, -0.15) is 0 Å². The molecule has 0 atom stereocenters. The standard InChI is InChI=1S/C14H14N2O2/c1-9-3-4-10(2)12(5-9)14-11(6-13(17)18)7-15-8-16-14/h3-5,7-8H,6H2,1-2H3,(H,17,18). The van der Waals surface area contributed by atoms with E-state index in [-0.39, 0.29) is 6.42 Å². The average molecular weight is 242 g/mol. The highest BCUT2D eigenvalue weighted by Crippen LogP contribution is 2.25. The second-order valence-electron chi connectivity index (χ2n) is 4.29. The molecule has 1 N–H and O–H groups in total. The van der Waals surface area contributed by atoms with Gasteiger partial charge in [-0.3, -0.25) is 4.79 Å². The van der Waals surface area contributed by atoms with Crippen LogP contribution in [0.1, 0.15) is 16.7 Å². The zero-order chi connectivity index (χ0) is 13.1. The minimum absolute atomic E-state index is 0.0659. The van der Waals surface area contributed by atoms with Crippen molar-refractivity contribution in [2.45, 2.75) is 20.3 Å². The van der Waals surface area contributed by atoms with Gasteiger partial charge in [-0.25, -0.2) is 9.97 Å². The summed E-state index contributed by atoms with van der Waals surface area (Å²) in [5, 5.41) is 8.91. The molecule has 0 saturated heterocycles. The van der Waals surface area contributed by atoms with E-state index in [1.165, 1.54) is 6.33 Å². The van der Waals surface area contributed by atoms with Gasteiger partial charge in [0.1, 0.15) is 6.33 Å². The Morgan fingerprint density at radius 2 is 2.11 bits per heavy atom. The Morgan fingerprint density at radius 1 is 1.33 bits per heavy atom. The Bertz CT molecular complexity index is 594. The van der Waals surface area contributed by atoms with Crippen LogP contribution in [0.15, 0.2) is 30.7 Å². The molecule has 2 rings (SSSR count). The predicted molar refractivity (Wildman–Crippen MR) is 68.3 cm³/mol. The number of aromatic nitrogens is 2. The molecule has 2 aromatic rings. The van der Waals surface area contributed by atoms with Crippen molar-refractivity contribution in [3.8, 4) is 11.3 Å². The summed E-state index contributed by atoms with van der Waals surface area (Å²) in [5.41, 5.74) is 4.50. The SMILES string of the molecule is Cc1ccc(C)c(-c2ncncc2CC(=O)O)c1. The highest BCUT2D eigenvalue weighted by molar-refractivity contribution is 5.75. The largest absolute Gasteiger partial charge is 0.481 e. The summed E-state index contributed by atoms with van der Waals surface area (Å²) in [6, 6.07) is 6.05. The molecule has 18 heavy (non-hydrogen) atoms. The summed E-state index contributed by atoms with van der Waals surface area (Å²) in [6.07, 6.45) is 2.95. The van der Waals surface area contributed by atoms with Crippen molar-refractivity contribution in [2.24, 2.45) is 0 Å². The number of aryl methyl sites for hydroxylation is 2. The van der Waals surface area contributed by atoms with Crippen LogP contribution in [0.4, 0.5) is 0 Å². The molecule has 4 heteroatoms. The van der Waals surface area contributed by atoms with Gasteiger partial charge in [0.2, 0.25) is 0 Å². The molecule has 1 aromatic heterocycles. The zero-order valence-corrected chi connectivity index (χ0v) is 10.3. The summed E-state index contributed by atoms with van der Waals surface area (Å²) in [5.74, 6) is -0.878. The molecule has 1 aromatic carbocycles. The maximum absolute atomic E-state index is 10.8. The van der Waals surface area contributed by atoms with Crippen LogP contribution >= 0.6 is 0 Å². The molecule has 0 unspecified atom stereocenters. The third-order valence-electron chi connectivity index (χ3n) is 2.78. The number of hydrogen-bond acceptors (Lipinski definition) is 3. The van der Waals surface area contributed by atoms with Crippen LogP contribution in [0.2, 0.25) is 0 Å². The van der Waals surface area contributed by atoms with Crippen molar-refractivity contribution in [3.63, 3.8) is 0 Å².